The van der Waals surface area contributed by atoms with Crippen molar-refractivity contribution in [2.75, 3.05) is 13.2 Å². The van der Waals surface area contributed by atoms with E-state index in [0.29, 0.717) is 19.6 Å². The number of carbonyl (C=O) groups is 2. The molecule has 1 N–H and O–H groups in total. The maximum absolute atomic E-state index is 13.0. The predicted molar refractivity (Wildman–Crippen MR) is 104 cm³/mol. The number of rotatable bonds is 8. The van der Waals surface area contributed by atoms with Gasteiger partial charge in [-0.05, 0) is 50.5 Å². The molecule has 6 nitrogen and oxygen atoms in total. The number of carbonyl (C=O) groups excluding carboxylic acids is 2. The van der Waals surface area contributed by atoms with Gasteiger partial charge in [-0.25, -0.2) is 0 Å². The summed E-state index contributed by atoms with van der Waals surface area (Å²) in [6, 6.07) is 10.0. The van der Waals surface area contributed by atoms with E-state index in [1.165, 1.54) is 17.2 Å². The summed E-state index contributed by atoms with van der Waals surface area (Å²) in [5.41, 5.74) is 1.79. The first-order valence-electron chi connectivity index (χ1n) is 9.41. The van der Waals surface area contributed by atoms with Crippen molar-refractivity contribution in [3.8, 4) is 0 Å². The van der Waals surface area contributed by atoms with Crippen LogP contribution in [0.25, 0.3) is 0 Å². The van der Waals surface area contributed by atoms with E-state index in [-0.39, 0.29) is 17.4 Å². The molecule has 28 heavy (non-hydrogen) atoms. The molecule has 1 aliphatic heterocycles. The number of ether oxygens (including phenoxy) is 1. The van der Waals surface area contributed by atoms with Crippen molar-refractivity contribution in [1.29, 1.82) is 0 Å². The summed E-state index contributed by atoms with van der Waals surface area (Å²) in [7, 11) is 0. The van der Waals surface area contributed by atoms with Gasteiger partial charge in [0.2, 0.25) is 5.78 Å². The number of hydrogen-bond acceptors (Lipinski definition) is 5. The number of ketones is 1. The van der Waals surface area contributed by atoms with Gasteiger partial charge in [0.15, 0.2) is 11.5 Å². The lowest BCUT2D eigenvalue weighted by atomic mass is 9.92. The van der Waals surface area contributed by atoms with E-state index in [1.807, 2.05) is 45.0 Å². The van der Waals surface area contributed by atoms with Crippen molar-refractivity contribution in [3.63, 3.8) is 0 Å². The van der Waals surface area contributed by atoms with E-state index in [9.17, 15) is 14.7 Å². The lowest BCUT2D eigenvalue weighted by molar-refractivity contribution is -0.129. The third-order valence-electron chi connectivity index (χ3n) is 4.77. The molecule has 3 rings (SSSR count). The van der Waals surface area contributed by atoms with Crippen LogP contribution in [0.1, 0.15) is 48.0 Å². The smallest absolute Gasteiger partial charge is 0.290 e. The van der Waals surface area contributed by atoms with Crippen LogP contribution in [0.15, 0.2) is 58.4 Å². The monoisotopic (exact) mass is 383 g/mol. The fraction of sp³-hybridized carbons (Fsp3) is 0.364. The van der Waals surface area contributed by atoms with Crippen LogP contribution in [-0.2, 0) is 9.53 Å². The highest BCUT2D eigenvalue weighted by Crippen LogP contribution is 2.40. The van der Waals surface area contributed by atoms with Crippen molar-refractivity contribution >= 4 is 11.7 Å². The number of nitrogens with zero attached hydrogens (tertiary/aromatic N) is 1. The molecule has 1 aliphatic rings. The van der Waals surface area contributed by atoms with Gasteiger partial charge in [0.05, 0.1) is 24.0 Å². The topological polar surface area (TPSA) is 80.0 Å². The predicted octanol–water partition coefficient (Wildman–Crippen LogP) is 3.98. The van der Waals surface area contributed by atoms with Gasteiger partial charge >= 0.3 is 0 Å². The molecule has 1 atom stereocenters. The third kappa shape index (κ3) is 3.87. The Balaban J connectivity index is 1.96. The van der Waals surface area contributed by atoms with Gasteiger partial charge in [-0.1, -0.05) is 24.3 Å². The Bertz CT molecular complexity index is 882. The highest BCUT2D eigenvalue weighted by atomic mass is 16.5. The highest BCUT2D eigenvalue weighted by molar-refractivity contribution is 6.15. The van der Waals surface area contributed by atoms with Crippen molar-refractivity contribution in [1.82, 2.24) is 4.90 Å². The molecule has 0 bridgehead atoms. The van der Waals surface area contributed by atoms with E-state index in [4.69, 9.17) is 9.15 Å². The Hall–Kier alpha value is -2.86. The SMILES string of the molecule is Cc1ccccc1C1C(C(=O)c2ccco2)=C(O)C(=O)N1CCCOC(C)C. The molecule has 1 unspecified atom stereocenters. The maximum Gasteiger partial charge on any atom is 0.290 e. The summed E-state index contributed by atoms with van der Waals surface area (Å²) >= 11 is 0. The Morgan fingerprint density at radius 2 is 2.00 bits per heavy atom. The fourth-order valence-corrected chi connectivity index (χ4v) is 3.43. The first-order valence-corrected chi connectivity index (χ1v) is 9.41. The number of amides is 1. The number of hydrogen-bond donors (Lipinski definition) is 1. The largest absolute Gasteiger partial charge is 0.503 e. The van der Waals surface area contributed by atoms with E-state index < -0.39 is 23.5 Å². The van der Waals surface area contributed by atoms with Crippen LogP contribution in [-0.4, -0.2) is 41.0 Å². The second kappa shape index (κ2) is 8.44. The number of benzene rings is 1. The van der Waals surface area contributed by atoms with Crippen LogP contribution in [0.5, 0.6) is 0 Å². The molecular formula is C22H25NO5. The molecule has 0 radical (unpaired) electrons. The number of aryl methyl sites for hydroxylation is 1. The van der Waals surface area contributed by atoms with Crippen molar-refractivity contribution in [2.45, 2.75) is 39.3 Å². The zero-order valence-corrected chi connectivity index (χ0v) is 16.3. The van der Waals surface area contributed by atoms with Gasteiger partial charge in [-0.2, -0.15) is 0 Å². The third-order valence-corrected chi connectivity index (χ3v) is 4.77. The normalized spacial score (nSPS) is 17.1. The Morgan fingerprint density at radius 1 is 1.25 bits per heavy atom. The number of aliphatic hydroxyl groups excluding tert-OH is 1. The maximum atomic E-state index is 13.0. The Kier molecular flexibility index (Phi) is 5.99. The first kappa shape index (κ1) is 19.9. The van der Waals surface area contributed by atoms with Gasteiger partial charge in [0, 0.05) is 13.2 Å². The zero-order valence-electron chi connectivity index (χ0n) is 16.3. The summed E-state index contributed by atoms with van der Waals surface area (Å²) in [5.74, 6) is -1.45. The molecule has 1 aromatic carbocycles. The summed E-state index contributed by atoms with van der Waals surface area (Å²) in [5, 5.41) is 10.6. The summed E-state index contributed by atoms with van der Waals surface area (Å²) in [6.07, 6.45) is 2.09. The molecule has 1 amide bonds. The molecule has 0 saturated carbocycles. The fourth-order valence-electron chi connectivity index (χ4n) is 3.43. The molecule has 0 saturated heterocycles. The minimum Gasteiger partial charge on any atom is -0.503 e. The van der Waals surface area contributed by atoms with E-state index in [2.05, 4.69) is 0 Å². The van der Waals surface area contributed by atoms with Crippen LogP contribution in [0.3, 0.4) is 0 Å². The van der Waals surface area contributed by atoms with E-state index in [1.54, 1.807) is 6.07 Å². The first-order chi connectivity index (χ1) is 13.4. The molecule has 0 spiro atoms. The standard InChI is InChI=1S/C22H25NO5/c1-14(2)27-13-7-11-23-19(16-9-5-4-8-15(16)3)18(21(25)22(23)26)20(24)17-10-6-12-28-17/h4-6,8-10,12,14,19,25H,7,11,13H2,1-3H3. The average Bonchev–Trinajstić information content (AvgIpc) is 3.28. The van der Waals surface area contributed by atoms with E-state index >= 15 is 0 Å². The van der Waals surface area contributed by atoms with Crippen LogP contribution in [0, 0.1) is 6.92 Å². The van der Waals surface area contributed by atoms with Gasteiger partial charge in [-0.3, -0.25) is 9.59 Å². The van der Waals surface area contributed by atoms with Crippen molar-refractivity contribution in [3.05, 3.63) is 70.9 Å². The second-order valence-electron chi connectivity index (χ2n) is 7.10. The van der Waals surface area contributed by atoms with Crippen molar-refractivity contribution < 1.29 is 23.8 Å². The number of aliphatic hydroxyl groups is 1. The molecule has 6 heteroatoms. The van der Waals surface area contributed by atoms with Gasteiger partial charge < -0.3 is 19.2 Å². The van der Waals surface area contributed by atoms with Gasteiger partial charge in [0.25, 0.3) is 5.91 Å². The quantitative estimate of drug-likeness (QED) is 0.551. The zero-order chi connectivity index (χ0) is 20.3. The van der Waals surface area contributed by atoms with Crippen LogP contribution >= 0.6 is 0 Å². The van der Waals surface area contributed by atoms with E-state index in [0.717, 1.165) is 11.1 Å². The average molecular weight is 383 g/mol. The summed E-state index contributed by atoms with van der Waals surface area (Å²) < 4.78 is 10.8. The highest BCUT2D eigenvalue weighted by Gasteiger charge is 2.44. The Labute approximate surface area is 164 Å². The number of Topliss-reactive ketones (excluding diaryl/α,β-unsaturated/α-hetero) is 1. The van der Waals surface area contributed by atoms with Crippen LogP contribution in [0.4, 0.5) is 0 Å². The van der Waals surface area contributed by atoms with Gasteiger partial charge in [-0.15, -0.1) is 0 Å². The molecule has 2 aromatic rings. The minimum atomic E-state index is -0.662. The molecule has 148 valence electrons. The molecule has 1 aromatic heterocycles. The van der Waals surface area contributed by atoms with Crippen LogP contribution < -0.4 is 0 Å². The molecular weight excluding hydrogens is 358 g/mol. The Morgan fingerprint density at radius 3 is 2.64 bits per heavy atom. The molecule has 0 aliphatic carbocycles. The lowest BCUT2D eigenvalue weighted by Gasteiger charge is -2.28. The lowest BCUT2D eigenvalue weighted by Crippen LogP contribution is -2.33. The molecule has 2 heterocycles. The summed E-state index contributed by atoms with van der Waals surface area (Å²) in [6.45, 7) is 6.67. The summed E-state index contributed by atoms with van der Waals surface area (Å²) in [4.78, 5) is 27.4. The van der Waals surface area contributed by atoms with Crippen LogP contribution in [0.2, 0.25) is 0 Å². The minimum absolute atomic E-state index is 0.0547. The second-order valence-corrected chi connectivity index (χ2v) is 7.10. The van der Waals surface area contributed by atoms with Crippen molar-refractivity contribution in [2.24, 2.45) is 0 Å². The van der Waals surface area contributed by atoms with Gasteiger partial charge in [0.1, 0.15) is 0 Å². The number of furan rings is 1. The molecule has 0 fully saturated rings.